The molecule has 0 spiro atoms. The van der Waals surface area contributed by atoms with Crippen LogP contribution in [0.3, 0.4) is 0 Å². The third-order valence-corrected chi connectivity index (χ3v) is 3.42. The molecule has 2 N–H and O–H groups in total. The average Bonchev–Trinajstić information content (AvgIpc) is 2.57. The molecule has 0 aliphatic heterocycles. The number of amides is 1. The van der Waals surface area contributed by atoms with Crippen LogP contribution in [0.15, 0.2) is 47.3 Å². The van der Waals surface area contributed by atoms with Gasteiger partial charge < -0.3 is 10.4 Å². The molecule has 1 amide bonds. The molecule has 0 saturated carbocycles. The molecule has 0 radical (unpaired) electrons. The van der Waals surface area contributed by atoms with E-state index >= 15 is 0 Å². The van der Waals surface area contributed by atoms with Crippen molar-refractivity contribution < 1.29 is 9.90 Å². The van der Waals surface area contributed by atoms with Gasteiger partial charge in [0.25, 0.3) is 11.5 Å². The molecule has 1 unspecified atom stereocenters. The van der Waals surface area contributed by atoms with Crippen molar-refractivity contribution in [1.82, 2.24) is 15.1 Å². The molecule has 1 aromatic heterocycles. The number of aliphatic hydroxyl groups is 1. The fraction of sp³-hybridized carbons (Fsp3) is 0.353. The van der Waals surface area contributed by atoms with Crippen LogP contribution in [0.1, 0.15) is 41.9 Å². The molecule has 0 fully saturated rings. The highest BCUT2D eigenvalue weighted by Gasteiger charge is 2.11. The zero-order valence-corrected chi connectivity index (χ0v) is 13.1. The number of carbonyl (C=O) groups is 1. The second-order valence-electron chi connectivity index (χ2n) is 5.25. The van der Waals surface area contributed by atoms with Gasteiger partial charge in [-0.05, 0) is 24.5 Å². The summed E-state index contributed by atoms with van der Waals surface area (Å²) in [5, 5.41) is 16.8. The highest BCUT2D eigenvalue weighted by Crippen LogP contribution is 2.14. The van der Waals surface area contributed by atoms with E-state index < -0.39 is 6.10 Å². The van der Waals surface area contributed by atoms with Gasteiger partial charge in [-0.3, -0.25) is 9.59 Å². The Hall–Kier alpha value is -2.47. The van der Waals surface area contributed by atoms with Crippen LogP contribution < -0.4 is 10.9 Å². The predicted molar refractivity (Wildman–Crippen MR) is 87.1 cm³/mol. The molecule has 23 heavy (non-hydrogen) atoms. The van der Waals surface area contributed by atoms with Crippen LogP contribution in [0, 0.1) is 0 Å². The lowest BCUT2D eigenvalue weighted by Crippen LogP contribution is -2.30. The van der Waals surface area contributed by atoms with Crippen LogP contribution in [0.25, 0.3) is 0 Å². The van der Waals surface area contributed by atoms with Gasteiger partial charge in [-0.25, -0.2) is 4.68 Å². The topological polar surface area (TPSA) is 84.2 Å². The Labute approximate surface area is 134 Å². The number of benzene rings is 1. The van der Waals surface area contributed by atoms with Crippen molar-refractivity contribution in [2.24, 2.45) is 0 Å². The van der Waals surface area contributed by atoms with Gasteiger partial charge in [0.05, 0.1) is 6.10 Å². The Balaban J connectivity index is 1.90. The highest BCUT2D eigenvalue weighted by molar-refractivity contribution is 5.91. The van der Waals surface area contributed by atoms with Crippen molar-refractivity contribution in [1.29, 1.82) is 0 Å². The molecule has 0 aliphatic rings. The lowest BCUT2D eigenvalue weighted by Gasteiger charge is -2.11. The first-order chi connectivity index (χ1) is 11.1. The number of nitrogens with one attached hydrogen (secondary N) is 1. The minimum atomic E-state index is -0.626. The second-order valence-corrected chi connectivity index (χ2v) is 5.25. The van der Waals surface area contributed by atoms with E-state index in [2.05, 4.69) is 10.4 Å². The Morgan fingerprint density at radius 2 is 2.00 bits per heavy atom. The summed E-state index contributed by atoms with van der Waals surface area (Å²) in [5.41, 5.74) is 0.798. The Morgan fingerprint density at radius 3 is 2.70 bits per heavy atom. The third-order valence-electron chi connectivity index (χ3n) is 3.42. The van der Waals surface area contributed by atoms with Gasteiger partial charge in [0.15, 0.2) is 0 Å². The van der Waals surface area contributed by atoms with Crippen molar-refractivity contribution in [3.8, 4) is 0 Å². The van der Waals surface area contributed by atoms with Crippen LogP contribution in [0.4, 0.5) is 0 Å². The Morgan fingerprint density at radius 1 is 1.26 bits per heavy atom. The van der Waals surface area contributed by atoms with Crippen LogP contribution in [0.5, 0.6) is 0 Å². The maximum Gasteiger partial charge on any atom is 0.271 e. The first-order valence-electron chi connectivity index (χ1n) is 7.71. The van der Waals surface area contributed by atoms with Crippen molar-refractivity contribution in [2.45, 2.75) is 32.4 Å². The largest absolute Gasteiger partial charge is 0.388 e. The number of hydrogen-bond acceptors (Lipinski definition) is 4. The summed E-state index contributed by atoms with van der Waals surface area (Å²) in [7, 11) is 0. The first-order valence-corrected chi connectivity index (χ1v) is 7.71. The van der Waals surface area contributed by atoms with E-state index in [9.17, 15) is 14.7 Å². The van der Waals surface area contributed by atoms with Crippen molar-refractivity contribution >= 4 is 5.91 Å². The quantitative estimate of drug-likeness (QED) is 0.811. The SMILES string of the molecule is CCCn1nc(C(=O)NCCC(O)c2ccccc2)ccc1=O. The van der Waals surface area contributed by atoms with Gasteiger partial charge >= 0.3 is 0 Å². The lowest BCUT2D eigenvalue weighted by molar-refractivity contribution is 0.0935. The van der Waals surface area contributed by atoms with E-state index in [-0.39, 0.29) is 17.2 Å². The van der Waals surface area contributed by atoms with Gasteiger partial charge in [0, 0.05) is 19.2 Å². The smallest absolute Gasteiger partial charge is 0.271 e. The normalized spacial score (nSPS) is 11.9. The van der Waals surface area contributed by atoms with Gasteiger partial charge in [0.1, 0.15) is 5.69 Å². The molecule has 122 valence electrons. The Kier molecular flexibility index (Phi) is 6.05. The van der Waals surface area contributed by atoms with Crippen molar-refractivity contribution in [2.75, 3.05) is 6.54 Å². The summed E-state index contributed by atoms with van der Waals surface area (Å²) >= 11 is 0. The van der Waals surface area contributed by atoms with Crippen LogP contribution in [-0.4, -0.2) is 27.3 Å². The molecular formula is C17H21N3O3. The van der Waals surface area contributed by atoms with E-state index in [4.69, 9.17) is 0 Å². The molecule has 1 aromatic carbocycles. The Bertz CT molecular complexity index is 698. The number of aryl methyl sites for hydroxylation is 1. The maximum absolute atomic E-state index is 12.1. The highest BCUT2D eigenvalue weighted by atomic mass is 16.3. The number of carbonyl (C=O) groups excluding carboxylic acids is 1. The molecular weight excluding hydrogens is 294 g/mol. The average molecular weight is 315 g/mol. The lowest BCUT2D eigenvalue weighted by atomic mass is 10.1. The van der Waals surface area contributed by atoms with E-state index in [0.717, 1.165) is 12.0 Å². The van der Waals surface area contributed by atoms with Crippen LogP contribution >= 0.6 is 0 Å². The zero-order chi connectivity index (χ0) is 16.7. The zero-order valence-electron chi connectivity index (χ0n) is 13.1. The van der Waals surface area contributed by atoms with Gasteiger partial charge in [-0.1, -0.05) is 37.3 Å². The summed E-state index contributed by atoms with van der Waals surface area (Å²) in [6.45, 7) is 2.74. The number of nitrogens with zero attached hydrogens (tertiary/aromatic N) is 2. The number of rotatable bonds is 7. The standard InChI is InChI=1S/C17H21N3O3/c1-2-12-20-16(22)9-8-14(19-20)17(23)18-11-10-15(21)13-6-4-3-5-7-13/h3-9,15,21H,2,10-12H2,1H3,(H,18,23). The van der Waals surface area contributed by atoms with Crippen LogP contribution in [0.2, 0.25) is 0 Å². The summed E-state index contributed by atoms with van der Waals surface area (Å²) in [5.74, 6) is -0.352. The maximum atomic E-state index is 12.1. The van der Waals surface area contributed by atoms with Gasteiger partial charge in [-0.2, -0.15) is 5.10 Å². The number of aliphatic hydroxyl groups excluding tert-OH is 1. The molecule has 6 heteroatoms. The monoisotopic (exact) mass is 315 g/mol. The molecule has 0 saturated heterocycles. The first kappa shape index (κ1) is 16.9. The minimum Gasteiger partial charge on any atom is -0.388 e. The summed E-state index contributed by atoms with van der Waals surface area (Å²) in [6, 6.07) is 12.0. The van der Waals surface area contributed by atoms with E-state index in [1.165, 1.54) is 16.8 Å². The number of hydrogen-bond donors (Lipinski definition) is 2. The van der Waals surface area contributed by atoms with Crippen molar-refractivity contribution in [3.63, 3.8) is 0 Å². The number of aromatic nitrogens is 2. The van der Waals surface area contributed by atoms with Gasteiger partial charge in [-0.15, -0.1) is 0 Å². The summed E-state index contributed by atoms with van der Waals surface area (Å²) in [4.78, 5) is 23.6. The molecule has 0 aliphatic carbocycles. The molecule has 6 nitrogen and oxygen atoms in total. The van der Waals surface area contributed by atoms with E-state index in [1.54, 1.807) is 0 Å². The van der Waals surface area contributed by atoms with Gasteiger partial charge in [0.2, 0.25) is 0 Å². The third kappa shape index (κ3) is 4.75. The van der Waals surface area contributed by atoms with E-state index in [0.29, 0.717) is 19.5 Å². The molecule has 1 atom stereocenters. The molecule has 2 aromatic rings. The summed E-state index contributed by atoms with van der Waals surface area (Å²) in [6.07, 6.45) is 0.546. The molecule has 0 bridgehead atoms. The van der Waals surface area contributed by atoms with Crippen LogP contribution in [-0.2, 0) is 6.54 Å². The second kappa shape index (κ2) is 8.24. The van der Waals surface area contributed by atoms with Crippen molar-refractivity contribution in [3.05, 3.63) is 64.1 Å². The predicted octanol–water partition coefficient (Wildman–Crippen LogP) is 1.51. The summed E-state index contributed by atoms with van der Waals surface area (Å²) < 4.78 is 1.29. The fourth-order valence-corrected chi connectivity index (χ4v) is 2.20. The molecule has 2 rings (SSSR count). The fourth-order valence-electron chi connectivity index (χ4n) is 2.20. The molecule has 1 heterocycles. The van der Waals surface area contributed by atoms with E-state index in [1.807, 2.05) is 37.3 Å². The minimum absolute atomic E-state index is 0.201.